The number of aliphatic hydroxyl groups is 2. The summed E-state index contributed by atoms with van der Waals surface area (Å²) in [5.74, 6) is -1.01. The smallest absolute Gasteiger partial charge is 0.306 e. The van der Waals surface area contributed by atoms with Crippen LogP contribution in [0, 0.1) is 5.41 Å². The van der Waals surface area contributed by atoms with Crippen LogP contribution in [0.1, 0.15) is 33.6 Å². The predicted octanol–water partition coefficient (Wildman–Crippen LogP) is 0.209. The molecule has 0 aromatic heterocycles. The molecule has 0 saturated carbocycles. The maximum Gasteiger partial charge on any atom is 0.306 e. The van der Waals surface area contributed by atoms with E-state index >= 15 is 0 Å². The number of nitrogens with one attached hydrogen (secondary N) is 1. The van der Waals surface area contributed by atoms with Gasteiger partial charge in [-0.2, -0.15) is 0 Å². The molecule has 0 aromatic rings. The lowest BCUT2D eigenvalue weighted by atomic mass is 9.85. The second-order valence-electron chi connectivity index (χ2n) is 5.09. The quantitative estimate of drug-likeness (QED) is 0.504. The van der Waals surface area contributed by atoms with Gasteiger partial charge in [-0.15, -0.1) is 0 Å². The minimum atomic E-state index is -1.01. The Morgan fingerprint density at radius 1 is 1.38 bits per heavy atom. The van der Waals surface area contributed by atoms with E-state index in [1.54, 1.807) is 0 Å². The number of rotatable bonds is 7. The molecule has 0 aromatic carbocycles. The van der Waals surface area contributed by atoms with E-state index in [2.05, 4.69) is 5.32 Å². The highest BCUT2D eigenvalue weighted by atomic mass is 16.4. The van der Waals surface area contributed by atoms with Crippen LogP contribution in [0.25, 0.3) is 0 Å². The first-order valence-corrected chi connectivity index (χ1v) is 5.51. The lowest BCUT2D eigenvalue weighted by Gasteiger charge is -2.32. The molecule has 5 nitrogen and oxygen atoms in total. The molecule has 5 heteroatoms. The average molecular weight is 233 g/mol. The van der Waals surface area contributed by atoms with Crippen LogP contribution in [0.5, 0.6) is 0 Å². The van der Waals surface area contributed by atoms with Crippen LogP contribution >= 0.6 is 0 Å². The van der Waals surface area contributed by atoms with Crippen LogP contribution < -0.4 is 5.32 Å². The molecule has 0 saturated heterocycles. The molecule has 0 rings (SSSR count). The summed E-state index contributed by atoms with van der Waals surface area (Å²) in [5, 5.41) is 29.9. The molecule has 0 aliphatic heterocycles. The molecule has 0 aliphatic carbocycles. The Hall–Kier alpha value is -0.650. The van der Waals surface area contributed by atoms with Crippen molar-refractivity contribution < 1.29 is 20.1 Å². The van der Waals surface area contributed by atoms with E-state index in [0.29, 0.717) is 6.42 Å². The van der Waals surface area contributed by atoms with Gasteiger partial charge in [-0.1, -0.05) is 20.8 Å². The molecule has 0 spiro atoms. The van der Waals surface area contributed by atoms with Crippen LogP contribution in [-0.2, 0) is 4.79 Å². The predicted molar refractivity (Wildman–Crippen MR) is 61.2 cm³/mol. The zero-order valence-electron chi connectivity index (χ0n) is 10.2. The minimum absolute atomic E-state index is 0.0360. The molecule has 0 radical (unpaired) electrons. The second kappa shape index (κ2) is 6.83. The molecular formula is C11H23NO4. The molecular weight excluding hydrogens is 210 g/mol. The molecule has 16 heavy (non-hydrogen) atoms. The van der Waals surface area contributed by atoms with E-state index in [-0.39, 0.29) is 31.0 Å². The van der Waals surface area contributed by atoms with Gasteiger partial charge in [0.05, 0.1) is 12.5 Å². The van der Waals surface area contributed by atoms with E-state index in [1.165, 1.54) is 0 Å². The molecule has 0 aliphatic rings. The van der Waals surface area contributed by atoms with Crippen molar-refractivity contribution in [3.05, 3.63) is 0 Å². The highest BCUT2D eigenvalue weighted by Gasteiger charge is 2.24. The van der Waals surface area contributed by atoms with E-state index in [4.69, 9.17) is 10.2 Å². The molecule has 2 atom stereocenters. The van der Waals surface area contributed by atoms with Gasteiger partial charge in [0.1, 0.15) is 0 Å². The van der Waals surface area contributed by atoms with Crippen LogP contribution in [0.2, 0.25) is 0 Å². The normalized spacial score (nSPS) is 15.8. The summed E-state index contributed by atoms with van der Waals surface area (Å²) in [4.78, 5) is 10.3. The average Bonchev–Trinajstić information content (AvgIpc) is 2.08. The third-order valence-corrected chi connectivity index (χ3v) is 2.47. The van der Waals surface area contributed by atoms with Gasteiger partial charge < -0.3 is 20.6 Å². The summed E-state index contributed by atoms with van der Waals surface area (Å²) < 4.78 is 0. The van der Waals surface area contributed by atoms with Gasteiger partial charge in [0, 0.05) is 19.2 Å². The summed E-state index contributed by atoms with van der Waals surface area (Å²) >= 11 is 0. The van der Waals surface area contributed by atoms with E-state index in [1.807, 2.05) is 20.8 Å². The number of hydrogen-bond acceptors (Lipinski definition) is 4. The number of carbonyl (C=O) groups is 1. The fraction of sp³-hybridized carbons (Fsp3) is 0.909. The van der Waals surface area contributed by atoms with Gasteiger partial charge in [0.2, 0.25) is 0 Å². The standard InChI is InChI=1S/C11H23NO4/c1-11(2,3)9(4-5-13)12-7-8(14)6-10(15)16/h8-9,12-14H,4-7H2,1-3H3,(H,15,16). The number of carboxylic acid groups (broad SMARTS) is 1. The SMILES string of the molecule is CC(C)(C)C(CCO)NCC(O)CC(=O)O. The van der Waals surface area contributed by atoms with E-state index in [9.17, 15) is 9.90 Å². The van der Waals surface area contributed by atoms with Crippen molar-refractivity contribution in [1.29, 1.82) is 0 Å². The van der Waals surface area contributed by atoms with E-state index in [0.717, 1.165) is 0 Å². The number of carboxylic acids is 1. The molecule has 96 valence electrons. The van der Waals surface area contributed by atoms with Gasteiger partial charge in [-0.05, 0) is 11.8 Å². The Kier molecular flexibility index (Phi) is 6.55. The first-order valence-electron chi connectivity index (χ1n) is 5.51. The number of aliphatic hydroxyl groups excluding tert-OH is 2. The highest BCUT2D eigenvalue weighted by Crippen LogP contribution is 2.21. The Morgan fingerprint density at radius 3 is 2.31 bits per heavy atom. The van der Waals surface area contributed by atoms with Crippen LogP contribution in [0.3, 0.4) is 0 Å². The fourth-order valence-electron chi connectivity index (χ4n) is 1.52. The Balaban J connectivity index is 4.07. The third kappa shape index (κ3) is 6.76. The summed E-state index contributed by atoms with van der Waals surface area (Å²) in [6.07, 6.45) is -0.562. The van der Waals surface area contributed by atoms with Crippen molar-refractivity contribution in [2.45, 2.75) is 45.8 Å². The van der Waals surface area contributed by atoms with E-state index < -0.39 is 12.1 Å². The molecule has 0 heterocycles. The molecule has 0 amide bonds. The highest BCUT2D eigenvalue weighted by molar-refractivity contribution is 5.67. The van der Waals surface area contributed by atoms with Crippen molar-refractivity contribution in [3.63, 3.8) is 0 Å². The van der Waals surface area contributed by atoms with Crippen LogP contribution in [-0.4, -0.2) is 46.6 Å². The second-order valence-corrected chi connectivity index (χ2v) is 5.09. The summed E-state index contributed by atoms with van der Waals surface area (Å²) in [6.45, 7) is 6.40. The first-order chi connectivity index (χ1) is 7.27. The van der Waals surface area contributed by atoms with Crippen molar-refractivity contribution in [3.8, 4) is 0 Å². The molecule has 4 N–H and O–H groups in total. The molecule has 0 fully saturated rings. The van der Waals surface area contributed by atoms with Crippen molar-refractivity contribution >= 4 is 5.97 Å². The van der Waals surface area contributed by atoms with Crippen LogP contribution in [0.4, 0.5) is 0 Å². The zero-order valence-corrected chi connectivity index (χ0v) is 10.2. The fourth-order valence-corrected chi connectivity index (χ4v) is 1.52. The van der Waals surface area contributed by atoms with Gasteiger partial charge in [-0.25, -0.2) is 0 Å². The van der Waals surface area contributed by atoms with Crippen molar-refractivity contribution in [1.82, 2.24) is 5.32 Å². The number of aliphatic carboxylic acids is 1. The van der Waals surface area contributed by atoms with Crippen LogP contribution in [0.15, 0.2) is 0 Å². The maximum atomic E-state index is 10.3. The summed E-state index contributed by atoms with van der Waals surface area (Å²) in [7, 11) is 0. The summed E-state index contributed by atoms with van der Waals surface area (Å²) in [6, 6.07) is 0.0564. The van der Waals surface area contributed by atoms with Gasteiger partial charge >= 0.3 is 5.97 Å². The van der Waals surface area contributed by atoms with Gasteiger partial charge in [0.25, 0.3) is 0 Å². The number of hydrogen-bond donors (Lipinski definition) is 4. The lowest BCUT2D eigenvalue weighted by Crippen LogP contribution is -2.44. The topological polar surface area (TPSA) is 89.8 Å². The van der Waals surface area contributed by atoms with Gasteiger partial charge in [0.15, 0.2) is 0 Å². The maximum absolute atomic E-state index is 10.3. The van der Waals surface area contributed by atoms with Crippen molar-refractivity contribution in [2.75, 3.05) is 13.2 Å². The minimum Gasteiger partial charge on any atom is -0.481 e. The largest absolute Gasteiger partial charge is 0.481 e. The Bertz CT molecular complexity index is 213. The lowest BCUT2D eigenvalue weighted by molar-refractivity contribution is -0.139. The Labute approximate surface area is 96.5 Å². The first kappa shape index (κ1) is 15.3. The molecule has 2 unspecified atom stereocenters. The van der Waals surface area contributed by atoms with Gasteiger partial charge in [-0.3, -0.25) is 4.79 Å². The third-order valence-electron chi connectivity index (χ3n) is 2.47. The van der Waals surface area contributed by atoms with Crippen molar-refractivity contribution in [2.24, 2.45) is 5.41 Å². The Morgan fingerprint density at radius 2 is 1.94 bits per heavy atom. The molecule has 0 bridgehead atoms. The zero-order chi connectivity index (χ0) is 12.8. The summed E-state index contributed by atoms with van der Waals surface area (Å²) in [5.41, 5.74) is -0.0360. The monoisotopic (exact) mass is 233 g/mol.